The van der Waals surface area contributed by atoms with Crippen LogP contribution in [0.4, 0.5) is 4.39 Å². The highest BCUT2D eigenvalue weighted by molar-refractivity contribution is 9.09. The molecule has 1 aromatic carbocycles. The third kappa shape index (κ3) is 5.01. The number of alkyl halides is 1. The molecule has 0 amide bonds. The fraction of sp³-hybridized carbons (Fsp3) is 0.308. The van der Waals surface area contributed by atoms with Crippen LogP contribution in [0.5, 0.6) is 0 Å². The molecule has 2 nitrogen and oxygen atoms in total. The summed E-state index contributed by atoms with van der Waals surface area (Å²) in [5.41, 5.74) is 1.03. The highest BCUT2D eigenvalue weighted by Gasteiger charge is 2.05. The lowest BCUT2D eigenvalue weighted by Crippen LogP contribution is -1.99. The standard InChI is InChI=1S/C13H12BrFO2/c14-8-2-1-3-10-4-5-11(12(15)9-10)6-7-13(16)17/h4-5,9H,2,6-8H2,(H,16,17). The van der Waals surface area contributed by atoms with Gasteiger partial charge in [0.2, 0.25) is 0 Å². The molecule has 0 aliphatic carbocycles. The van der Waals surface area contributed by atoms with Crippen molar-refractivity contribution in [3.8, 4) is 11.8 Å². The van der Waals surface area contributed by atoms with Crippen LogP contribution in [0.25, 0.3) is 0 Å². The van der Waals surface area contributed by atoms with Crippen molar-refractivity contribution in [1.82, 2.24) is 0 Å². The van der Waals surface area contributed by atoms with Gasteiger partial charge in [-0.1, -0.05) is 33.8 Å². The maximum Gasteiger partial charge on any atom is 0.303 e. The zero-order valence-corrected chi connectivity index (χ0v) is 10.8. The minimum atomic E-state index is -0.925. The Kier molecular flexibility index (Phi) is 5.71. The Morgan fingerprint density at radius 3 is 2.82 bits per heavy atom. The molecule has 0 aliphatic rings. The number of carboxylic acid groups (broad SMARTS) is 1. The van der Waals surface area contributed by atoms with Gasteiger partial charge in [0.05, 0.1) is 0 Å². The largest absolute Gasteiger partial charge is 0.481 e. The number of rotatable bonds is 4. The average molecular weight is 299 g/mol. The first kappa shape index (κ1) is 13.7. The quantitative estimate of drug-likeness (QED) is 0.685. The summed E-state index contributed by atoms with van der Waals surface area (Å²) >= 11 is 3.25. The van der Waals surface area contributed by atoms with E-state index in [1.807, 2.05) is 0 Å². The van der Waals surface area contributed by atoms with Crippen LogP contribution in [-0.2, 0) is 11.2 Å². The average Bonchev–Trinajstić information content (AvgIpc) is 2.28. The van der Waals surface area contributed by atoms with Crippen molar-refractivity contribution in [3.63, 3.8) is 0 Å². The third-order valence-corrected chi connectivity index (χ3v) is 2.51. The Morgan fingerprint density at radius 2 is 2.24 bits per heavy atom. The maximum absolute atomic E-state index is 13.5. The molecule has 1 aromatic rings. The molecule has 0 spiro atoms. The second-order valence-corrected chi connectivity index (χ2v) is 4.23. The molecule has 90 valence electrons. The Bertz CT molecular complexity index is 460. The number of halogens is 2. The molecule has 0 aliphatic heterocycles. The summed E-state index contributed by atoms with van der Waals surface area (Å²) in [4.78, 5) is 10.4. The van der Waals surface area contributed by atoms with Gasteiger partial charge in [-0.15, -0.1) is 0 Å². The topological polar surface area (TPSA) is 37.3 Å². The number of aliphatic carboxylic acids is 1. The molecule has 0 fully saturated rings. The predicted octanol–water partition coefficient (Wildman–Crippen LogP) is 2.98. The fourth-order valence-corrected chi connectivity index (χ4v) is 1.48. The highest BCUT2D eigenvalue weighted by Crippen LogP contribution is 2.12. The van der Waals surface area contributed by atoms with E-state index in [0.29, 0.717) is 17.5 Å². The first-order valence-electron chi connectivity index (χ1n) is 5.18. The summed E-state index contributed by atoms with van der Waals surface area (Å²) in [5, 5.41) is 9.31. The predicted molar refractivity (Wildman–Crippen MR) is 67.6 cm³/mol. The molecular formula is C13H12BrFO2. The number of hydrogen-bond donors (Lipinski definition) is 1. The molecule has 17 heavy (non-hydrogen) atoms. The smallest absolute Gasteiger partial charge is 0.303 e. The Hall–Kier alpha value is -1.34. The van der Waals surface area contributed by atoms with Crippen LogP contribution in [-0.4, -0.2) is 16.4 Å². The summed E-state index contributed by atoms with van der Waals surface area (Å²) in [6.45, 7) is 0. The Morgan fingerprint density at radius 1 is 1.47 bits per heavy atom. The fourth-order valence-electron chi connectivity index (χ4n) is 1.28. The summed E-state index contributed by atoms with van der Waals surface area (Å²) < 4.78 is 13.5. The maximum atomic E-state index is 13.5. The van der Waals surface area contributed by atoms with Gasteiger partial charge >= 0.3 is 5.97 Å². The van der Waals surface area contributed by atoms with Crippen molar-refractivity contribution in [2.24, 2.45) is 0 Å². The van der Waals surface area contributed by atoms with E-state index in [4.69, 9.17) is 5.11 Å². The van der Waals surface area contributed by atoms with Crippen LogP contribution in [0.3, 0.4) is 0 Å². The van der Waals surface area contributed by atoms with Crippen LogP contribution >= 0.6 is 15.9 Å². The van der Waals surface area contributed by atoms with E-state index < -0.39 is 11.8 Å². The Balaban J connectivity index is 2.73. The lowest BCUT2D eigenvalue weighted by atomic mass is 10.1. The molecule has 0 radical (unpaired) electrons. The van der Waals surface area contributed by atoms with Crippen molar-refractivity contribution in [1.29, 1.82) is 0 Å². The van der Waals surface area contributed by atoms with Gasteiger partial charge in [0.15, 0.2) is 0 Å². The van der Waals surface area contributed by atoms with Gasteiger partial charge in [0, 0.05) is 23.7 Å². The number of hydrogen-bond acceptors (Lipinski definition) is 1. The summed E-state index contributed by atoms with van der Waals surface area (Å²) in [6, 6.07) is 4.65. The van der Waals surface area contributed by atoms with E-state index in [0.717, 1.165) is 5.33 Å². The van der Waals surface area contributed by atoms with Gasteiger partial charge < -0.3 is 5.11 Å². The number of carbonyl (C=O) groups is 1. The summed E-state index contributed by atoms with van der Waals surface area (Å²) in [6.07, 6.45) is 0.851. The lowest BCUT2D eigenvalue weighted by molar-refractivity contribution is -0.136. The summed E-state index contributed by atoms with van der Waals surface area (Å²) in [7, 11) is 0. The van der Waals surface area contributed by atoms with Gasteiger partial charge in [0.25, 0.3) is 0 Å². The molecular weight excluding hydrogens is 287 g/mol. The van der Waals surface area contributed by atoms with Crippen molar-refractivity contribution in [2.45, 2.75) is 19.3 Å². The zero-order valence-electron chi connectivity index (χ0n) is 9.17. The zero-order chi connectivity index (χ0) is 12.7. The normalized spacial score (nSPS) is 9.53. The number of carboxylic acids is 1. The molecule has 0 saturated carbocycles. The minimum absolute atomic E-state index is 0.0640. The van der Waals surface area contributed by atoms with Crippen molar-refractivity contribution in [3.05, 3.63) is 35.1 Å². The van der Waals surface area contributed by atoms with Crippen molar-refractivity contribution < 1.29 is 14.3 Å². The van der Waals surface area contributed by atoms with E-state index in [2.05, 4.69) is 27.8 Å². The van der Waals surface area contributed by atoms with Gasteiger partial charge in [-0.2, -0.15) is 0 Å². The molecule has 4 heteroatoms. The Labute approximate surface area is 108 Å². The number of benzene rings is 1. The molecule has 1 rings (SSSR count). The van der Waals surface area contributed by atoms with Crippen molar-refractivity contribution >= 4 is 21.9 Å². The molecule has 0 bridgehead atoms. The van der Waals surface area contributed by atoms with Gasteiger partial charge in [-0.3, -0.25) is 4.79 Å². The van der Waals surface area contributed by atoms with E-state index in [1.54, 1.807) is 12.1 Å². The molecule has 1 N–H and O–H groups in total. The van der Waals surface area contributed by atoms with E-state index in [-0.39, 0.29) is 12.8 Å². The van der Waals surface area contributed by atoms with E-state index >= 15 is 0 Å². The van der Waals surface area contributed by atoms with Crippen LogP contribution in [0.1, 0.15) is 24.0 Å². The lowest BCUT2D eigenvalue weighted by Gasteiger charge is -2.01. The van der Waals surface area contributed by atoms with Crippen LogP contribution in [0, 0.1) is 17.7 Å². The molecule has 0 heterocycles. The van der Waals surface area contributed by atoms with E-state index in [1.165, 1.54) is 6.07 Å². The molecule has 0 unspecified atom stereocenters. The third-order valence-electron chi connectivity index (χ3n) is 2.11. The van der Waals surface area contributed by atoms with Gasteiger partial charge in [-0.05, 0) is 24.1 Å². The van der Waals surface area contributed by atoms with Gasteiger partial charge in [-0.25, -0.2) is 4.39 Å². The van der Waals surface area contributed by atoms with Gasteiger partial charge in [0.1, 0.15) is 5.82 Å². The van der Waals surface area contributed by atoms with Crippen molar-refractivity contribution in [2.75, 3.05) is 5.33 Å². The van der Waals surface area contributed by atoms with Crippen LogP contribution in [0.15, 0.2) is 18.2 Å². The minimum Gasteiger partial charge on any atom is -0.481 e. The number of aryl methyl sites for hydroxylation is 1. The first-order valence-corrected chi connectivity index (χ1v) is 6.30. The van der Waals surface area contributed by atoms with Crippen LogP contribution in [0.2, 0.25) is 0 Å². The second-order valence-electron chi connectivity index (χ2n) is 3.44. The molecule has 0 aromatic heterocycles. The molecule has 0 saturated heterocycles. The second kappa shape index (κ2) is 7.08. The highest BCUT2D eigenvalue weighted by atomic mass is 79.9. The first-order chi connectivity index (χ1) is 8.13. The monoisotopic (exact) mass is 298 g/mol. The SMILES string of the molecule is O=C(O)CCc1ccc(C#CCCBr)cc1F. The molecule has 0 atom stereocenters. The van der Waals surface area contributed by atoms with Crippen LogP contribution < -0.4 is 0 Å². The summed E-state index contributed by atoms with van der Waals surface area (Å²) in [5.74, 6) is 4.42. The van der Waals surface area contributed by atoms with E-state index in [9.17, 15) is 9.18 Å².